The average molecular weight is 249 g/mol. The fourth-order valence-electron chi connectivity index (χ4n) is 1.82. The molecule has 0 saturated carbocycles. The molecule has 16 heavy (non-hydrogen) atoms. The number of nitrogens with zero attached hydrogens (tertiary/aromatic N) is 1. The van der Waals surface area contributed by atoms with Crippen LogP contribution in [0.4, 0.5) is 0 Å². The number of rotatable bonds is 6. The van der Waals surface area contributed by atoms with Gasteiger partial charge in [-0.25, -0.2) is 13.1 Å². The topological polar surface area (TPSA) is 61.4 Å². The number of piperidine rings is 1. The quantitative estimate of drug-likeness (QED) is 0.629. The van der Waals surface area contributed by atoms with E-state index in [1.165, 1.54) is 0 Å². The zero-order chi connectivity index (χ0) is 12.0. The highest BCUT2D eigenvalue weighted by Gasteiger charge is 2.21. The van der Waals surface area contributed by atoms with Gasteiger partial charge >= 0.3 is 0 Å². The van der Waals surface area contributed by atoms with E-state index in [4.69, 9.17) is 0 Å². The van der Waals surface area contributed by atoms with Gasteiger partial charge in [0, 0.05) is 12.6 Å². The van der Waals surface area contributed by atoms with E-state index in [2.05, 4.69) is 22.0 Å². The lowest BCUT2D eigenvalue weighted by atomic mass is 10.1. The number of sulfonamides is 1. The normalized spacial score (nSPS) is 20.1. The van der Waals surface area contributed by atoms with Gasteiger partial charge in [0.1, 0.15) is 0 Å². The van der Waals surface area contributed by atoms with Crippen molar-refractivity contribution in [1.82, 2.24) is 14.9 Å². The minimum Gasteiger partial charge on any atom is -0.316 e. The van der Waals surface area contributed by atoms with Crippen molar-refractivity contribution in [2.24, 2.45) is 0 Å². The van der Waals surface area contributed by atoms with Crippen LogP contribution in [0.1, 0.15) is 19.8 Å². The van der Waals surface area contributed by atoms with Crippen LogP contribution < -0.4 is 10.0 Å². The minimum atomic E-state index is -3.10. The summed E-state index contributed by atoms with van der Waals surface area (Å²) in [6.07, 6.45) is 1.83. The Kier molecular flexibility index (Phi) is 5.68. The Balaban J connectivity index is 2.29. The molecule has 0 spiro atoms. The summed E-state index contributed by atoms with van der Waals surface area (Å²) in [4.78, 5) is 2.23. The van der Waals surface area contributed by atoms with E-state index < -0.39 is 10.0 Å². The highest BCUT2D eigenvalue weighted by molar-refractivity contribution is 7.89. The van der Waals surface area contributed by atoms with Crippen molar-refractivity contribution in [3.63, 3.8) is 0 Å². The van der Waals surface area contributed by atoms with Gasteiger partial charge in [0.2, 0.25) is 10.0 Å². The predicted molar refractivity (Wildman–Crippen MR) is 66.0 cm³/mol. The first-order chi connectivity index (χ1) is 7.53. The van der Waals surface area contributed by atoms with E-state index in [-0.39, 0.29) is 11.8 Å². The Labute approximate surface area is 98.6 Å². The molecule has 6 heteroatoms. The molecule has 1 rings (SSSR count). The van der Waals surface area contributed by atoms with Gasteiger partial charge in [0.15, 0.2) is 0 Å². The Morgan fingerprint density at radius 1 is 1.31 bits per heavy atom. The van der Waals surface area contributed by atoms with Crippen LogP contribution in [0.3, 0.4) is 0 Å². The molecule has 0 aliphatic carbocycles. The van der Waals surface area contributed by atoms with Crippen molar-refractivity contribution < 1.29 is 8.42 Å². The first kappa shape index (κ1) is 13.9. The van der Waals surface area contributed by atoms with Gasteiger partial charge < -0.3 is 10.2 Å². The third kappa shape index (κ3) is 5.25. The molecule has 0 atom stereocenters. The van der Waals surface area contributed by atoms with Crippen molar-refractivity contribution in [1.29, 1.82) is 0 Å². The van der Waals surface area contributed by atoms with Gasteiger partial charge in [-0.15, -0.1) is 0 Å². The maximum atomic E-state index is 11.7. The average Bonchev–Trinajstić information content (AvgIpc) is 2.21. The van der Waals surface area contributed by atoms with Crippen molar-refractivity contribution in [3.05, 3.63) is 0 Å². The Morgan fingerprint density at radius 3 is 2.50 bits per heavy atom. The lowest BCUT2D eigenvalue weighted by Crippen LogP contribution is -2.44. The summed E-state index contributed by atoms with van der Waals surface area (Å²) >= 11 is 0. The summed E-state index contributed by atoms with van der Waals surface area (Å²) in [5.74, 6) is 0.174. The molecular weight excluding hydrogens is 226 g/mol. The highest BCUT2D eigenvalue weighted by Crippen LogP contribution is 2.09. The fourth-order valence-corrected chi connectivity index (χ4v) is 3.10. The zero-order valence-corrected chi connectivity index (χ0v) is 11.0. The third-order valence-electron chi connectivity index (χ3n) is 2.86. The Bertz CT molecular complexity index is 284. The molecule has 0 bridgehead atoms. The molecule has 1 fully saturated rings. The molecule has 1 saturated heterocycles. The van der Waals surface area contributed by atoms with Gasteiger partial charge in [-0.05, 0) is 39.5 Å². The molecule has 0 radical (unpaired) electrons. The lowest BCUT2D eigenvalue weighted by Gasteiger charge is -2.29. The van der Waals surface area contributed by atoms with Gasteiger partial charge in [-0.3, -0.25) is 0 Å². The first-order valence-electron chi connectivity index (χ1n) is 5.93. The Hall–Kier alpha value is -0.170. The van der Waals surface area contributed by atoms with Crippen molar-refractivity contribution in [2.75, 3.05) is 39.0 Å². The van der Waals surface area contributed by atoms with Crippen LogP contribution in [0.15, 0.2) is 0 Å². The molecule has 0 unspecified atom stereocenters. The number of likely N-dealkylation sites (tertiary alicyclic amines) is 1. The van der Waals surface area contributed by atoms with E-state index in [1.807, 2.05) is 6.92 Å². The van der Waals surface area contributed by atoms with E-state index in [1.54, 1.807) is 0 Å². The Morgan fingerprint density at radius 2 is 1.94 bits per heavy atom. The SMILES string of the molecule is CCNCCS(=O)(=O)NC1CCN(C)CC1. The van der Waals surface area contributed by atoms with Crippen molar-refractivity contribution in [3.8, 4) is 0 Å². The van der Waals surface area contributed by atoms with Crippen molar-refractivity contribution >= 4 is 10.0 Å². The summed E-state index contributed by atoms with van der Waals surface area (Å²) in [5.41, 5.74) is 0. The van der Waals surface area contributed by atoms with Crippen LogP contribution >= 0.6 is 0 Å². The van der Waals surface area contributed by atoms with E-state index in [0.29, 0.717) is 6.54 Å². The second kappa shape index (κ2) is 6.54. The number of hydrogen-bond acceptors (Lipinski definition) is 4. The summed E-state index contributed by atoms with van der Waals surface area (Å²) in [5, 5.41) is 3.02. The summed E-state index contributed by atoms with van der Waals surface area (Å²) in [6.45, 7) is 5.25. The maximum absolute atomic E-state index is 11.7. The zero-order valence-electron chi connectivity index (χ0n) is 10.2. The number of nitrogens with one attached hydrogen (secondary N) is 2. The molecule has 96 valence electrons. The molecule has 0 aromatic rings. The molecule has 1 aliphatic rings. The molecule has 1 aliphatic heterocycles. The molecule has 0 amide bonds. The van der Waals surface area contributed by atoms with Gasteiger partial charge in [-0.2, -0.15) is 0 Å². The molecule has 0 aromatic carbocycles. The molecular formula is C10H23N3O2S. The maximum Gasteiger partial charge on any atom is 0.213 e. The van der Waals surface area contributed by atoms with Crippen LogP contribution in [0.5, 0.6) is 0 Å². The second-order valence-electron chi connectivity index (χ2n) is 4.37. The summed E-state index contributed by atoms with van der Waals surface area (Å²) in [6, 6.07) is 0.128. The van der Waals surface area contributed by atoms with E-state index >= 15 is 0 Å². The van der Waals surface area contributed by atoms with Crippen LogP contribution in [0.25, 0.3) is 0 Å². The number of hydrogen-bond donors (Lipinski definition) is 2. The standard InChI is InChI=1S/C10H23N3O2S/c1-3-11-6-9-16(14,15)12-10-4-7-13(2)8-5-10/h10-12H,3-9H2,1-2H3. The van der Waals surface area contributed by atoms with Crippen LogP contribution in [0, 0.1) is 0 Å². The summed E-state index contributed by atoms with van der Waals surface area (Å²) < 4.78 is 26.2. The van der Waals surface area contributed by atoms with Gasteiger partial charge in [0.25, 0.3) is 0 Å². The molecule has 0 aromatic heterocycles. The third-order valence-corrected chi connectivity index (χ3v) is 4.30. The largest absolute Gasteiger partial charge is 0.316 e. The van der Waals surface area contributed by atoms with Crippen LogP contribution in [-0.4, -0.2) is 58.3 Å². The highest BCUT2D eigenvalue weighted by atomic mass is 32.2. The monoisotopic (exact) mass is 249 g/mol. The smallest absolute Gasteiger partial charge is 0.213 e. The second-order valence-corrected chi connectivity index (χ2v) is 6.24. The van der Waals surface area contributed by atoms with E-state index in [9.17, 15) is 8.42 Å². The summed E-state index contributed by atoms with van der Waals surface area (Å²) in [7, 11) is -1.04. The van der Waals surface area contributed by atoms with E-state index in [0.717, 1.165) is 32.5 Å². The molecule has 2 N–H and O–H groups in total. The van der Waals surface area contributed by atoms with Crippen LogP contribution in [0.2, 0.25) is 0 Å². The molecule has 5 nitrogen and oxygen atoms in total. The minimum absolute atomic E-state index is 0.128. The first-order valence-corrected chi connectivity index (χ1v) is 7.58. The fraction of sp³-hybridized carbons (Fsp3) is 1.00. The van der Waals surface area contributed by atoms with Gasteiger partial charge in [-0.1, -0.05) is 6.92 Å². The van der Waals surface area contributed by atoms with Crippen molar-refractivity contribution in [2.45, 2.75) is 25.8 Å². The van der Waals surface area contributed by atoms with Gasteiger partial charge in [0.05, 0.1) is 5.75 Å². The van der Waals surface area contributed by atoms with Crippen LogP contribution in [-0.2, 0) is 10.0 Å². The lowest BCUT2D eigenvalue weighted by molar-refractivity contribution is 0.248. The predicted octanol–water partition coefficient (Wildman–Crippen LogP) is -0.390. The molecule has 1 heterocycles.